The van der Waals surface area contributed by atoms with Gasteiger partial charge in [0.1, 0.15) is 0 Å². The highest BCUT2D eigenvalue weighted by Crippen LogP contribution is 2.34. The first kappa shape index (κ1) is 13.1. The summed E-state index contributed by atoms with van der Waals surface area (Å²) in [5.74, 6) is 1.57. The third-order valence-electron chi connectivity index (χ3n) is 4.23. The first-order chi connectivity index (χ1) is 9.32. The summed E-state index contributed by atoms with van der Waals surface area (Å²) in [4.78, 5) is 4.63. The molecule has 3 rings (SSSR count). The fourth-order valence-corrected chi connectivity index (χ4v) is 3.28. The van der Waals surface area contributed by atoms with Crippen molar-refractivity contribution in [3.8, 4) is 0 Å². The van der Waals surface area contributed by atoms with E-state index >= 15 is 0 Å². The van der Waals surface area contributed by atoms with Crippen molar-refractivity contribution in [2.24, 2.45) is 0 Å². The van der Waals surface area contributed by atoms with E-state index < -0.39 is 0 Å². The molecular formula is C14H23N3O2. The Kier molecular flexibility index (Phi) is 3.84. The molecule has 3 heterocycles. The minimum absolute atomic E-state index is 0.0729. The molecule has 1 aromatic rings. The highest BCUT2D eigenvalue weighted by atomic mass is 16.5. The number of nitrogens with one attached hydrogen (secondary N) is 1. The summed E-state index contributed by atoms with van der Waals surface area (Å²) >= 11 is 0. The molecule has 2 atom stereocenters. The molecule has 2 aliphatic rings. The number of hydrogen-bond donors (Lipinski definition) is 1. The van der Waals surface area contributed by atoms with Gasteiger partial charge in [0.05, 0.1) is 11.6 Å². The number of nitrogens with zero attached hydrogens (tertiary/aromatic N) is 2. The van der Waals surface area contributed by atoms with Gasteiger partial charge in [0.15, 0.2) is 5.82 Å². The van der Waals surface area contributed by atoms with E-state index in [1.807, 2.05) is 0 Å². The zero-order chi connectivity index (χ0) is 13.1. The largest absolute Gasteiger partial charge is 0.378 e. The Bertz CT molecular complexity index is 407. The van der Waals surface area contributed by atoms with Gasteiger partial charge in [-0.05, 0) is 38.6 Å². The van der Waals surface area contributed by atoms with Crippen molar-refractivity contribution in [1.29, 1.82) is 0 Å². The smallest absolute Gasteiger partial charge is 0.246 e. The minimum Gasteiger partial charge on any atom is -0.378 e. The molecule has 0 saturated carbocycles. The van der Waals surface area contributed by atoms with Crippen molar-refractivity contribution in [3.05, 3.63) is 11.7 Å². The van der Waals surface area contributed by atoms with E-state index in [2.05, 4.69) is 22.4 Å². The van der Waals surface area contributed by atoms with Gasteiger partial charge >= 0.3 is 0 Å². The Labute approximate surface area is 114 Å². The van der Waals surface area contributed by atoms with Gasteiger partial charge in [-0.15, -0.1) is 0 Å². The van der Waals surface area contributed by atoms with Crippen LogP contribution in [0.25, 0.3) is 0 Å². The Morgan fingerprint density at radius 3 is 3.05 bits per heavy atom. The van der Waals surface area contributed by atoms with Gasteiger partial charge in [0, 0.05) is 13.0 Å². The number of hydrogen-bond acceptors (Lipinski definition) is 5. The van der Waals surface area contributed by atoms with Crippen molar-refractivity contribution in [2.45, 2.75) is 63.5 Å². The zero-order valence-electron chi connectivity index (χ0n) is 11.7. The fraction of sp³-hybridized carbons (Fsp3) is 0.857. The average molecular weight is 265 g/mol. The maximum Gasteiger partial charge on any atom is 0.246 e. The third-order valence-corrected chi connectivity index (χ3v) is 4.23. The number of rotatable bonds is 5. The SMILES string of the molecule is CCCC1(c2nc(CC3CCCO3)no2)CCCN1. The molecule has 0 bridgehead atoms. The van der Waals surface area contributed by atoms with Gasteiger partial charge in [0.25, 0.3) is 0 Å². The van der Waals surface area contributed by atoms with Crippen molar-refractivity contribution in [3.63, 3.8) is 0 Å². The molecule has 0 spiro atoms. The molecule has 2 saturated heterocycles. The van der Waals surface area contributed by atoms with Crippen LogP contribution in [0.15, 0.2) is 4.52 Å². The lowest BCUT2D eigenvalue weighted by atomic mass is 9.92. The molecule has 0 aliphatic carbocycles. The van der Waals surface area contributed by atoms with E-state index in [0.29, 0.717) is 0 Å². The molecule has 2 fully saturated rings. The zero-order valence-corrected chi connectivity index (χ0v) is 11.7. The topological polar surface area (TPSA) is 60.2 Å². The molecule has 0 aromatic carbocycles. The quantitative estimate of drug-likeness (QED) is 0.884. The van der Waals surface area contributed by atoms with Crippen LogP contribution in [-0.2, 0) is 16.7 Å². The second kappa shape index (κ2) is 5.59. The van der Waals surface area contributed by atoms with Crippen LogP contribution < -0.4 is 5.32 Å². The molecule has 19 heavy (non-hydrogen) atoms. The van der Waals surface area contributed by atoms with Gasteiger partial charge in [-0.25, -0.2) is 0 Å². The number of aromatic nitrogens is 2. The first-order valence-corrected chi connectivity index (χ1v) is 7.52. The molecular weight excluding hydrogens is 242 g/mol. The molecule has 5 nitrogen and oxygen atoms in total. The van der Waals surface area contributed by atoms with E-state index in [4.69, 9.17) is 9.26 Å². The van der Waals surface area contributed by atoms with Gasteiger partial charge in [-0.1, -0.05) is 18.5 Å². The van der Waals surface area contributed by atoms with Gasteiger partial charge in [-0.2, -0.15) is 4.98 Å². The predicted octanol–water partition coefficient (Wildman–Crippen LogP) is 2.17. The van der Waals surface area contributed by atoms with Crippen LogP contribution in [0.4, 0.5) is 0 Å². The molecule has 0 amide bonds. The normalized spacial score (nSPS) is 31.1. The maximum absolute atomic E-state index is 5.63. The maximum atomic E-state index is 5.63. The van der Waals surface area contributed by atoms with Crippen molar-refractivity contribution < 1.29 is 9.26 Å². The molecule has 2 unspecified atom stereocenters. The van der Waals surface area contributed by atoms with E-state index in [0.717, 1.165) is 63.4 Å². The molecule has 0 radical (unpaired) electrons. The molecule has 5 heteroatoms. The van der Waals surface area contributed by atoms with Gasteiger partial charge in [0.2, 0.25) is 5.89 Å². The summed E-state index contributed by atoms with van der Waals surface area (Å²) in [6.07, 6.45) is 7.80. The summed E-state index contributed by atoms with van der Waals surface area (Å²) in [6.45, 7) is 4.12. The summed E-state index contributed by atoms with van der Waals surface area (Å²) in [7, 11) is 0. The first-order valence-electron chi connectivity index (χ1n) is 7.52. The van der Waals surface area contributed by atoms with Gasteiger partial charge in [-0.3, -0.25) is 0 Å². The Hall–Kier alpha value is -0.940. The van der Waals surface area contributed by atoms with Crippen LogP contribution >= 0.6 is 0 Å². The second-order valence-corrected chi connectivity index (χ2v) is 5.72. The van der Waals surface area contributed by atoms with Crippen molar-refractivity contribution in [1.82, 2.24) is 15.5 Å². The Morgan fingerprint density at radius 1 is 1.42 bits per heavy atom. The van der Waals surface area contributed by atoms with Crippen molar-refractivity contribution >= 4 is 0 Å². The number of ether oxygens (including phenoxy) is 1. The minimum atomic E-state index is -0.0729. The average Bonchev–Trinajstić information content (AvgIpc) is 3.11. The van der Waals surface area contributed by atoms with Gasteiger partial charge < -0.3 is 14.6 Å². The van der Waals surface area contributed by atoms with E-state index in [9.17, 15) is 0 Å². The monoisotopic (exact) mass is 265 g/mol. The molecule has 1 N–H and O–H groups in total. The lowest BCUT2D eigenvalue weighted by Gasteiger charge is -2.24. The molecule has 1 aromatic heterocycles. The lowest BCUT2D eigenvalue weighted by molar-refractivity contribution is 0.109. The van der Waals surface area contributed by atoms with E-state index in [1.54, 1.807) is 0 Å². The fourth-order valence-electron chi connectivity index (χ4n) is 3.28. The summed E-state index contributed by atoms with van der Waals surface area (Å²) in [6, 6.07) is 0. The highest BCUT2D eigenvalue weighted by molar-refractivity contribution is 5.07. The summed E-state index contributed by atoms with van der Waals surface area (Å²) < 4.78 is 11.2. The van der Waals surface area contributed by atoms with Crippen molar-refractivity contribution in [2.75, 3.05) is 13.2 Å². The third kappa shape index (κ3) is 2.67. The molecule has 2 aliphatic heterocycles. The standard InChI is InChI=1S/C14H23N3O2/c1-2-6-14(7-4-8-15-14)13-16-12(17-19-13)10-11-5-3-9-18-11/h11,15H,2-10H2,1H3. The summed E-state index contributed by atoms with van der Waals surface area (Å²) in [5.41, 5.74) is -0.0729. The Morgan fingerprint density at radius 2 is 2.37 bits per heavy atom. The van der Waals surface area contributed by atoms with E-state index in [-0.39, 0.29) is 11.6 Å². The highest BCUT2D eigenvalue weighted by Gasteiger charge is 2.39. The predicted molar refractivity (Wildman–Crippen MR) is 70.8 cm³/mol. The van der Waals surface area contributed by atoms with Crippen LogP contribution in [0, 0.1) is 0 Å². The van der Waals surface area contributed by atoms with Crippen LogP contribution in [-0.4, -0.2) is 29.4 Å². The summed E-state index contributed by atoms with van der Waals surface area (Å²) in [5, 5.41) is 7.71. The van der Waals surface area contributed by atoms with Crippen LogP contribution in [0.1, 0.15) is 57.2 Å². The lowest BCUT2D eigenvalue weighted by Crippen LogP contribution is -2.37. The Balaban J connectivity index is 1.71. The van der Waals surface area contributed by atoms with Crippen LogP contribution in [0.3, 0.4) is 0 Å². The van der Waals surface area contributed by atoms with Crippen LogP contribution in [0.5, 0.6) is 0 Å². The second-order valence-electron chi connectivity index (χ2n) is 5.72. The molecule has 106 valence electrons. The van der Waals surface area contributed by atoms with E-state index in [1.165, 1.54) is 6.42 Å². The van der Waals surface area contributed by atoms with Crippen LogP contribution in [0.2, 0.25) is 0 Å².